The largest absolute Gasteiger partial charge is 0.495 e. The van der Waals surface area contributed by atoms with E-state index in [1.54, 1.807) is 18.1 Å². The lowest BCUT2D eigenvalue weighted by atomic mass is 9.94. The van der Waals surface area contributed by atoms with Crippen LogP contribution in [0.15, 0.2) is 40.9 Å². The first-order valence-electron chi connectivity index (χ1n) is 8.61. The number of ether oxygens (including phenoxy) is 2. The van der Waals surface area contributed by atoms with Crippen LogP contribution < -0.4 is 9.64 Å². The van der Waals surface area contributed by atoms with E-state index in [1.807, 2.05) is 30.3 Å². The topological polar surface area (TPSA) is 38.8 Å². The van der Waals surface area contributed by atoms with Gasteiger partial charge in [0, 0.05) is 10.5 Å². The van der Waals surface area contributed by atoms with Crippen LogP contribution in [0.3, 0.4) is 0 Å². The molecule has 0 N–H and O–H groups in total. The van der Waals surface area contributed by atoms with Crippen molar-refractivity contribution in [2.75, 3.05) is 12.0 Å². The quantitative estimate of drug-likeness (QED) is 0.589. The summed E-state index contributed by atoms with van der Waals surface area (Å²) in [4.78, 5) is 14.7. The van der Waals surface area contributed by atoms with Crippen LogP contribution in [-0.2, 0) is 17.8 Å². The third-order valence-electron chi connectivity index (χ3n) is 4.68. The molecular formula is C20H21BrClNO3. The molecule has 6 heteroatoms. The van der Waals surface area contributed by atoms with Gasteiger partial charge in [-0.05, 0) is 52.4 Å². The lowest BCUT2D eigenvalue weighted by Gasteiger charge is -2.37. The van der Waals surface area contributed by atoms with Crippen molar-refractivity contribution in [3.8, 4) is 5.75 Å². The molecule has 26 heavy (non-hydrogen) atoms. The summed E-state index contributed by atoms with van der Waals surface area (Å²) in [5.41, 5.74) is 2.59. The highest BCUT2D eigenvalue weighted by atomic mass is 79.9. The van der Waals surface area contributed by atoms with E-state index in [-0.39, 0.29) is 18.7 Å². The Labute approximate surface area is 167 Å². The fourth-order valence-electron chi connectivity index (χ4n) is 3.33. The SMILES string of the molecule is CCC1CCc2c(Cl)c(Br)cc(OC)c2N1C(=O)OCc1ccccc1. The van der Waals surface area contributed by atoms with E-state index in [2.05, 4.69) is 22.9 Å². The number of anilines is 1. The molecule has 1 atom stereocenters. The van der Waals surface area contributed by atoms with Gasteiger partial charge in [-0.1, -0.05) is 48.9 Å². The minimum absolute atomic E-state index is 0.0527. The normalized spacial score (nSPS) is 16.2. The predicted octanol–water partition coefficient (Wildman–Crippen LogP) is 5.98. The summed E-state index contributed by atoms with van der Waals surface area (Å²) in [6.07, 6.45) is 2.09. The third kappa shape index (κ3) is 3.69. The van der Waals surface area contributed by atoms with Gasteiger partial charge in [0.2, 0.25) is 0 Å². The molecule has 3 rings (SSSR count). The van der Waals surface area contributed by atoms with Crippen LogP contribution in [0.25, 0.3) is 0 Å². The molecular weight excluding hydrogens is 418 g/mol. The number of hydrogen-bond donors (Lipinski definition) is 0. The van der Waals surface area contributed by atoms with Gasteiger partial charge in [0.1, 0.15) is 12.4 Å². The van der Waals surface area contributed by atoms with Crippen LogP contribution in [0.2, 0.25) is 5.02 Å². The van der Waals surface area contributed by atoms with E-state index in [9.17, 15) is 4.79 Å². The maximum absolute atomic E-state index is 13.0. The Morgan fingerprint density at radius 3 is 2.73 bits per heavy atom. The molecule has 1 amide bonds. The second kappa shape index (κ2) is 8.31. The van der Waals surface area contributed by atoms with Crippen LogP contribution in [0.4, 0.5) is 10.5 Å². The summed E-state index contributed by atoms with van der Waals surface area (Å²) in [6.45, 7) is 2.30. The maximum atomic E-state index is 13.0. The Balaban J connectivity index is 1.94. The number of hydrogen-bond acceptors (Lipinski definition) is 3. The zero-order valence-electron chi connectivity index (χ0n) is 14.8. The van der Waals surface area contributed by atoms with Crippen molar-refractivity contribution in [3.63, 3.8) is 0 Å². The van der Waals surface area contributed by atoms with Crippen molar-refractivity contribution < 1.29 is 14.3 Å². The van der Waals surface area contributed by atoms with Gasteiger partial charge < -0.3 is 9.47 Å². The molecule has 1 aliphatic rings. The number of fused-ring (bicyclic) bond motifs is 1. The van der Waals surface area contributed by atoms with Crippen LogP contribution in [-0.4, -0.2) is 19.2 Å². The summed E-state index contributed by atoms with van der Waals surface area (Å²) >= 11 is 9.96. The lowest BCUT2D eigenvalue weighted by Crippen LogP contribution is -2.44. The minimum Gasteiger partial charge on any atom is -0.495 e. The monoisotopic (exact) mass is 437 g/mol. The Morgan fingerprint density at radius 1 is 1.35 bits per heavy atom. The lowest BCUT2D eigenvalue weighted by molar-refractivity contribution is 0.143. The Hall–Kier alpha value is -1.72. The predicted molar refractivity (Wildman–Crippen MR) is 107 cm³/mol. The average Bonchev–Trinajstić information content (AvgIpc) is 2.68. The molecule has 138 valence electrons. The summed E-state index contributed by atoms with van der Waals surface area (Å²) < 4.78 is 11.9. The van der Waals surface area contributed by atoms with E-state index < -0.39 is 0 Å². The Bertz CT molecular complexity index is 797. The van der Waals surface area contributed by atoms with Crippen LogP contribution >= 0.6 is 27.5 Å². The molecule has 1 heterocycles. The molecule has 1 unspecified atom stereocenters. The van der Waals surface area contributed by atoms with E-state index in [0.29, 0.717) is 10.8 Å². The number of amides is 1. The molecule has 0 saturated carbocycles. The summed E-state index contributed by atoms with van der Waals surface area (Å²) in [6, 6.07) is 11.5. The van der Waals surface area contributed by atoms with Gasteiger partial charge in [0.25, 0.3) is 0 Å². The van der Waals surface area contributed by atoms with Crippen LogP contribution in [0.5, 0.6) is 5.75 Å². The van der Waals surface area contributed by atoms with Crippen molar-refractivity contribution in [2.45, 2.75) is 38.8 Å². The van der Waals surface area contributed by atoms with Crippen molar-refractivity contribution >= 4 is 39.3 Å². The van der Waals surface area contributed by atoms with Gasteiger partial charge in [-0.3, -0.25) is 4.90 Å². The van der Waals surface area contributed by atoms with Crippen LogP contribution in [0, 0.1) is 0 Å². The highest BCUT2D eigenvalue weighted by molar-refractivity contribution is 9.10. The maximum Gasteiger partial charge on any atom is 0.415 e. The number of carbonyl (C=O) groups excluding carboxylic acids is 1. The van der Waals surface area contributed by atoms with Gasteiger partial charge in [-0.15, -0.1) is 0 Å². The van der Waals surface area contributed by atoms with Gasteiger partial charge in [-0.25, -0.2) is 4.79 Å². The first kappa shape index (κ1) is 19.1. The molecule has 0 aliphatic carbocycles. The fraction of sp³-hybridized carbons (Fsp3) is 0.350. The molecule has 0 saturated heterocycles. The average molecular weight is 439 g/mol. The molecule has 2 aromatic rings. The Morgan fingerprint density at radius 2 is 2.08 bits per heavy atom. The molecule has 0 radical (unpaired) electrons. The molecule has 0 bridgehead atoms. The number of methoxy groups -OCH3 is 1. The Kier molecular flexibility index (Phi) is 6.09. The second-order valence-electron chi connectivity index (χ2n) is 6.21. The zero-order chi connectivity index (χ0) is 18.7. The molecule has 0 fully saturated rings. The number of halogens is 2. The summed E-state index contributed by atoms with van der Waals surface area (Å²) in [5, 5.41) is 0.621. The van der Waals surface area contributed by atoms with Gasteiger partial charge in [0.15, 0.2) is 0 Å². The first-order valence-corrected chi connectivity index (χ1v) is 9.78. The number of benzene rings is 2. The first-order chi connectivity index (χ1) is 12.6. The highest BCUT2D eigenvalue weighted by Crippen LogP contribution is 2.46. The third-order valence-corrected chi connectivity index (χ3v) is 5.96. The second-order valence-corrected chi connectivity index (χ2v) is 7.45. The van der Waals surface area contributed by atoms with E-state index in [1.165, 1.54) is 0 Å². The smallest absolute Gasteiger partial charge is 0.415 e. The fourth-order valence-corrected chi connectivity index (χ4v) is 4.02. The number of carbonyl (C=O) groups is 1. The number of rotatable bonds is 4. The van der Waals surface area contributed by atoms with Crippen molar-refractivity contribution in [1.29, 1.82) is 0 Å². The molecule has 0 aromatic heterocycles. The van der Waals surface area contributed by atoms with Crippen molar-refractivity contribution in [1.82, 2.24) is 0 Å². The van der Waals surface area contributed by atoms with Crippen molar-refractivity contribution in [2.24, 2.45) is 0 Å². The van der Waals surface area contributed by atoms with Gasteiger partial charge in [-0.2, -0.15) is 0 Å². The highest BCUT2D eigenvalue weighted by Gasteiger charge is 2.35. The minimum atomic E-state index is -0.377. The number of nitrogens with zero attached hydrogens (tertiary/aromatic N) is 1. The van der Waals surface area contributed by atoms with E-state index in [0.717, 1.165) is 40.5 Å². The zero-order valence-corrected chi connectivity index (χ0v) is 17.1. The molecule has 1 aliphatic heterocycles. The van der Waals surface area contributed by atoms with Gasteiger partial charge >= 0.3 is 6.09 Å². The molecule has 2 aromatic carbocycles. The van der Waals surface area contributed by atoms with E-state index >= 15 is 0 Å². The standard InChI is InChI=1S/C20H21BrClNO3/c1-3-14-9-10-15-18(22)16(21)11-17(25-2)19(15)23(14)20(24)26-12-13-7-5-4-6-8-13/h4-8,11,14H,3,9-10,12H2,1-2H3. The van der Waals surface area contributed by atoms with Crippen molar-refractivity contribution in [3.05, 3.63) is 57.0 Å². The van der Waals surface area contributed by atoms with Crippen LogP contribution in [0.1, 0.15) is 30.9 Å². The van der Waals surface area contributed by atoms with Gasteiger partial charge in [0.05, 0.1) is 17.8 Å². The molecule has 4 nitrogen and oxygen atoms in total. The van der Waals surface area contributed by atoms with E-state index in [4.69, 9.17) is 21.1 Å². The molecule has 0 spiro atoms. The summed E-state index contributed by atoms with van der Waals surface area (Å²) in [5.74, 6) is 0.617. The summed E-state index contributed by atoms with van der Waals surface area (Å²) in [7, 11) is 1.60.